The summed E-state index contributed by atoms with van der Waals surface area (Å²) in [4.78, 5) is 6.83. The van der Waals surface area contributed by atoms with Crippen molar-refractivity contribution in [2.45, 2.75) is 38.4 Å². The van der Waals surface area contributed by atoms with Crippen LogP contribution in [0.3, 0.4) is 0 Å². The molecular formula is C14H24N4O. The van der Waals surface area contributed by atoms with Crippen molar-refractivity contribution in [3.8, 4) is 0 Å². The summed E-state index contributed by atoms with van der Waals surface area (Å²) in [5.74, 6) is 1.10. The zero-order valence-electron chi connectivity index (χ0n) is 11.7. The van der Waals surface area contributed by atoms with E-state index in [0.29, 0.717) is 6.04 Å². The van der Waals surface area contributed by atoms with E-state index in [1.165, 1.54) is 12.8 Å². The first-order valence-electron chi connectivity index (χ1n) is 7.36. The smallest absolute Gasteiger partial charge is 0.105 e. The Balaban J connectivity index is 1.49. The normalized spacial score (nSPS) is 24.8. The molecule has 0 radical (unpaired) electrons. The molecule has 1 unspecified atom stereocenters. The van der Waals surface area contributed by atoms with Crippen molar-refractivity contribution in [1.82, 2.24) is 19.8 Å². The molecule has 1 atom stereocenters. The topological polar surface area (TPSA) is 42.3 Å². The average molecular weight is 264 g/mol. The molecule has 19 heavy (non-hydrogen) atoms. The van der Waals surface area contributed by atoms with Gasteiger partial charge in [0, 0.05) is 50.7 Å². The van der Waals surface area contributed by atoms with E-state index in [0.717, 1.165) is 51.3 Å². The van der Waals surface area contributed by atoms with Gasteiger partial charge in [0.25, 0.3) is 0 Å². The summed E-state index contributed by atoms with van der Waals surface area (Å²) in [6.07, 6.45) is 6.64. The van der Waals surface area contributed by atoms with Gasteiger partial charge in [-0.15, -0.1) is 0 Å². The van der Waals surface area contributed by atoms with Crippen LogP contribution in [0.15, 0.2) is 12.4 Å². The van der Waals surface area contributed by atoms with Gasteiger partial charge in [0.05, 0.1) is 13.2 Å². The Morgan fingerprint density at radius 2 is 2.32 bits per heavy atom. The molecule has 0 spiro atoms. The molecule has 1 aromatic rings. The number of hydrogen-bond donors (Lipinski definition) is 1. The Bertz CT molecular complexity index is 402. The lowest BCUT2D eigenvalue weighted by Crippen LogP contribution is -2.51. The van der Waals surface area contributed by atoms with Gasteiger partial charge in [-0.1, -0.05) is 0 Å². The Morgan fingerprint density at radius 3 is 3.05 bits per heavy atom. The van der Waals surface area contributed by atoms with Crippen LogP contribution in [0.1, 0.15) is 18.7 Å². The van der Waals surface area contributed by atoms with Crippen LogP contribution in [0.4, 0.5) is 0 Å². The SMILES string of the molecule is Cc1nccn1CCN1CCOCC1CNC1CC1. The lowest BCUT2D eigenvalue weighted by molar-refractivity contribution is -0.00830. The van der Waals surface area contributed by atoms with E-state index in [9.17, 15) is 0 Å². The molecule has 5 heteroatoms. The molecule has 1 saturated heterocycles. The highest BCUT2D eigenvalue weighted by molar-refractivity contribution is 4.89. The minimum Gasteiger partial charge on any atom is -0.378 e. The van der Waals surface area contributed by atoms with Gasteiger partial charge in [-0.25, -0.2) is 4.98 Å². The number of aryl methyl sites for hydroxylation is 1. The Hall–Kier alpha value is -0.910. The maximum atomic E-state index is 5.62. The fourth-order valence-corrected chi connectivity index (χ4v) is 2.64. The molecule has 5 nitrogen and oxygen atoms in total. The predicted octanol–water partition coefficient (Wildman–Crippen LogP) is 0.644. The summed E-state index contributed by atoms with van der Waals surface area (Å²) >= 11 is 0. The minimum atomic E-state index is 0.526. The molecule has 2 heterocycles. The maximum Gasteiger partial charge on any atom is 0.105 e. The fraction of sp³-hybridized carbons (Fsp3) is 0.786. The van der Waals surface area contributed by atoms with Crippen LogP contribution < -0.4 is 5.32 Å². The molecule has 2 aliphatic rings. The monoisotopic (exact) mass is 264 g/mol. The third kappa shape index (κ3) is 3.55. The minimum absolute atomic E-state index is 0.526. The van der Waals surface area contributed by atoms with E-state index in [1.54, 1.807) is 0 Å². The van der Waals surface area contributed by atoms with Crippen LogP contribution in [-0.2, 0) is 11.3 Å². The van der Waals surface area contributed by atoms with E-state index in [-0.39, 0.29) is 0 Å². The van der Waals surface area contributed by atoms with Crippen LogP contribution in [0.5, 0.6) is 0 Å². The molecule has 1 aromatic heterocycles. The summed E-state index contributed by atoms with van der Waals surface area (Å²) in [5, 5.41) is 3.62. The fourth-order valence-electron chi connectivity index (χ4n) is 2.64. The van der Waals surface area contributed by atoms with Gasteiger partial charge in [-0.2, -0.15) is 0 Å². The van der Waals surface area contributed by atoms with Gasteiger partial charge in [-0.05, 0) is 19.8 Å². The second-order valence-electron chi connectivity index (χ2n) is 5.62. The second kappa shape index (κ2) is 6.03. The van der Waals surface area contributed by atoms with Crippen molar-refractivity contribution in [3.05, 3.63) is 18.2 Å². The molecule has 1 saturated carbocycles. The van der Waals surface area contributed by atoms with Crippen molar-refractivity contribution in [3.63, 3.8) is 0 Å². The molecule has 106 valence electrons. The zero-order valence-corrected chi connectivity index (χ0v) is 11.7. The second-order valence-corrected chi connectivity index (χ2v) is 5.62. The Labute approximate surface area is 114 Å². The van der Waals surface area contributed by atoms with Crippen LogP contribution in [-0.4, -0.2) is 59.4 Å². The summed E-state index contributed by atoms with van der Waals surface area (Å²) in [6, 6.07) is 1.30. The van der Waals surface area contributed by atoms with E-state index in [4.69, 9.17) is 4.74 Å². The van der Waals surface area contributed by atoms with Gasteiger partial charge in [-0.3, -0.25) is 4.90 Å². The number of aromatic nitrogens is 2. The zero-order chi connectivity index (χ0) is 13.1. The third-order valence-corrected chi connectivity index (χ3v) is 4.12. The average Bonchev–Trinajstić information content (AvgIpc) is 3.17. The first kappa shape index (κ1) is 13.1. The van der Waals surface area contributed by atoms with Gasteiger partial charge in [0.1, 0.15) is 5.82 Å². The number of ether oxygens (including phenoxy) is 1. The van der Waals surface area contributed by atoms with Gasteiger partial charge in [0.15, 0.2) is 0 Å². The first-order valence-corrected chi connectivity index (χ1v) is 7.36. The number of morpholine rings is 1. The molecule has 0 amide bonds. The molecule has 1 N–H and O–H groups in total. The standard InChI is InChI=1S/C14H24N4O/c1-12-15-4-5-17(12)6-7-18-8-9-19-11-14(18)10-16-13-2-3-13/h4-5,13-14,16H,2-3,6-11H2,1H3. The molecule has 0 aromatic carbocycles. The van der Waals surface area contributed by atoms with Crippen LogP contribution in [0, 0.1) is 6.92 Å². The van der Waals surface area contributed by atoms with Gasteiger partial charge in [0.2, 0.25) is 0 Å². The summed E-state index contributed by atoms with van der Waals surface area (Å²) < 4.78 is 7.85. The molecular weight excluding hydrogens is 240 g/mol. The van der Waals surface area contributed by atoms with E-state index in [1.807, 2.05) is 6.20 Å². The van der Waals surface area contributed by atoms with Crippen LogP contribution in [0.25, 0.3) is 0 Å². The highest BCUT2D eigenvalue weighted by atomic mass is 16.5. The quantitative estimate of drug-likeness (QED) is 0.819. The molecule has 1 aliphatic heterocycles. The third-order valence-electron chi connectivity index (χ3n) is 4.12. The van der Waals surface area contributed by atoms with E-state index >= 15 is 0 Å². The van der Waals surface area contributed by atoms with Crippen molar-refractivity contribution < 1.29 is 4.74 Å². The molecule has 3 rings (SSSR count). The largest absolute Gasteiger partial charge is 0.378 e. The highest BCUT2D eigenvalue weighted by Gasteiger charge is 2.26. The molecule has 2 fully saturated rings. The summed E-state index contributed by atoms with van der Waals surface area (Å²) in [5.41, 5.74) is 0. The van der Waals surface area contributed by atoms with E-state index in [2.05, 4.69) is 32.9 Å². The van der Waals surface area contributed by atoms with Gasteiger partial charge < -0.3 is 14.6 Å². The summed E-state index contributed by atoms with van der Waals surface area (Å²) in [7, 11) is 0. The number of nitrogens with zero attached hydrogens (tertiary/aromatic N) is 3. The number of rotatable bonds is 6. The number of nitrogens with one attached hydrogen (secondary N) is 1. The number of hydrogen-bond acceptors (Lipinski definition) is 4. The first-order chi connectivity index (χ1) is 9.33. The van der Waals surface area contributed by atoms with Crippen molar-refractivity contribution in [2.75, 3.05) is 32.8 Å². The van der Waals surface area contributed by atoms with Crippen molar-refractivity contribution in [2.24, 2.45) is 0 Å². The summed E-state index contributed by atoms with van der Waals surface area (Å²) in [6.45, 7) is 8.00. The van der Waals surface area contributed by atoms with Crippen molar-refractivity contribution >= 4 is 0 Å². The lowest BCUT2D eigenvalue weighted by atomic mass is 10.2. The lowest BCUT2D eigenvalue weighted by Gasteiger charge is -2.35. The predicted molar refractivity (Wildman–Crippen MR) is 74.2 cm³/mol. The van der Waals surface area contributed by atoms with E-state index < -0.39 is 0 Å². The van der Waals surface area contributed by atoms with Crippen molar-refractivity contribution in [1.29, 1.82) is 0 Å². The molecule has 1 aliphatic carbocycles. The molecule has 0 bridgehead atoms. The highest BCUT2D eigenvalue weighted by Crippen LogP contribution is 2.19. The Kier molecular flexibility index (Phi) is 4.15. The Morgan fingerprint density at radius 1 is 1.42 bits per heavy atom. The van der Waals surface area contributed by atoms with Crippen LogP contribution in [0.2, 0.25) is 0 Å². The number of imidazole rings is 1. The van der Waals surface area contributed by atoms with Crippen LogP contribution >= 0.6 is 0 Å². The maximum absolute atomic E-state index is 5.62. The van der Waals surface area contributed by atoms with Gasteiger partial charge >= 0.3 is 0 Å².